The molecule has 2 amide bonds. The Morgan fingerprint density at radius 2 is 1.78 bits per heavy atom. The van der Waals surface area contributed by atoms with E-state index in [2.05, 4.69) is 4.98 Å². The number of ketones is 1. The molecule has 0 N–H and O–H groups in total. The fraction of sp³-hybridized carbons (Fsp3) is 0.208. The lowest BCUT2D eigenvalue weighted by atomic mass is 10.1. The Labute approximate surface area is 183 Å². The first-order valence-electron chi connectivity index (χ1n) is 10.3. The fourth-order valence-electron chi connectivity index (χ4n) is 4.34. The van der Waals surface area contributed by atoms with Gasteiger partial charge in [0.1, 0.15) is 6.04 Å². The Morgan fingerprint density at radius 3 is 2.47 bits per heavy atom. The van der Waals surface area contributed by atoms with Crippen molar-refractivity contribution in [3.05, 3.63) is 88.5 Å². The standard InChI is InChI=1S/C24H19N3O5/c1-2-32-24(31)21-25-9-10-26(21)19-12-15-11-14(7-8-16(15)20(19)28)13-27-22(29)17-5-3-4-6-18(17)23(27)30/h3-11,19H,2,12-13H2,1H3. The fourth-order valence-corrected chi connectivity index (χ4v) is 4.34. The molecule has 0 saturated heterocycles. The van der Waals surface area contributed by atoms with Crippen molar-refractivity contribution in [2.45, 2.75) is 25.9 Å². The number of imide groups is 1. The summed E-state index contributed by atoms with van der Waals surface area (Å²) in [5, 5.41) is 0. The van der Waals surface area contributed by atoms with Gasteiger partial charge in [-0.1, -0.05) is 30.3 Å². The molecule has 8 nitrogen and oxygen atoms in total. The molecule has 2 heterocycles. The highest BCUT2D eigenvalue weighted by Crippen LogP contribution is 2.33. The molecule has 0 bridgehead atoms. The van der Waals surface area contributed by atoms with Crippen LogP contribution in [0.3, 0.4) is 0 Å². The summed E-state index contributed by atoms with van der Waals surface area (Å²) in [5.74, 6) is -1.25. The third kappa shape index (κ3) is 3.03. The molecule has 1 aromatic heterocycles. The quantitative estimate of drug-likeness (QED) is 0.457. The molecule has 32 heavy (non-hydrogen) atoms. The van der Waals surface area contributed by atoms with Crippen LogP contribution >= 0.6 is 0 Å². The summed E-state index contributed by atoms with van der Waals surface area (Å²) in [4.78, 5) is 55.8. The third-order valence-electron chi connectivity index (χ3n) is 5.83. The van der Waals surface area contributed by atoms with Gasteiger partial charge in [-0.3, -0.25) is 19.3 Å². The van der Waals surface area contributed by atoms with Crippen molar-refractivity contribution < 1.29 is 23.9 Å². The number of ether oxygens (including phenoxy) is 1. The summed E-state index contributed by atoms with van der Waals surface area (Å²) in [7, 11) is 0. The Balaban J connectivity index is 1.39. The maximum Gasteiger partial charge on any atom is 0.374 e. The van der Waals surface area contributed by atoms with Gasteiger partial charge in [-0.25, -0.2) is 9.78 Å². The van der Waals surface area contributed by atoms with E-state index >= 15 is 0 Å². The lowest BCUT2D eigenvalue weighted by Crippen LogP contribution is -2.29. The second-order valence-electron chi connectivity index (χ2n) is 7.70. The second-order valence-corrected chi connectivity index (χ2v) is 7.70. The predicted molar refractivity (Wildman–Crippen MR) is 112 cm³/mol. The molecule has 0 fully saturated rings. The number of carbonyl (C=O) groups is 4. The summed E-state index contributed by atoms with van der Waals surface area (Å²) < 4.78 is 6.58. The van der Waals surface area contributed by atoms with Crippen LogP contribution in [0.5, 0.6) is 0 Å². The molecule has 1 atom stereocenters. The number of nitrogens with zero attached hydrogens (tertiary/aromatic N) is 3. The van der Waals surface area contributed by atoms with E-state index in [9.17, 15) is 19.2 Å². The van der Waals surface area contributed by atoms with E-state index in [0.717, 1.165) is 11.1 Å². The zero-order valence-electron chi connectivity index (χ0n) is 17.3. The third-order valence-corrected chi connectivity index (χ3v) is 5.83. The van der Waals surface area contributed by atoms with Crippen LogP contribution in [0.2, 0.25) is 0 Å². The van der Waals surface area contributed by atoms with Gasteiger partial charge in [-0.05, 0) is 30.2 Å². The Kier molecular flexibility index (Phi) is 4.70. The van der Waals surface area contributed by atoms with E-state index < -0.39 is 12.0 Å². The largest absolute Gasteiger partial charge is 0.460 e. The Hall–Kier alpha value is -4.07. The topological polar surface area (TPSA) is 98.6 Å². The van der Waals surface area contributed by atoms with Crippen molar-refractivity contribution in [1.82, 2.24) is 14.5 Å². The molecule has 1 unspecified atom stereocenters. The van der Waals surface area contributed by atoms with Gasteiger partial charge in [0.2, 0.25) is 5.82 Å². The lowest BCUT2D eigenvalue weighted by molar-refractivity contribution is 0.0503. The van der Waals surface area contributed by atoms with Crippen LogP contribution in [0.1, 0.15) is 65.8 Å². The molecule has 0 saturated carbocycles. The molecule has 8 heteroatoms. The first-order valence-corrected chi connectivity index (χ1v) is 10.3. The van der Waals surface area contributed by atoms with E-state index in [4.69, 9.17) is 4.74 Å². The highest BCUT2D eigenvalue weighted by atomic mass is 16.5. The molecule has 2 aliphatic rings. The number of carbonyl (C=O) groups excluding carboxylic acids is 4. The van der Waals surface area contributed by atoms with Crippen molar-refractivity contribution in [1.29, 1.82) is 0 Å². The van der Waals surface area contributed by atoms with Crippen LogP contribution in [0.4, 0.5) is 0 Å². The molecule has 3 aromatic rings. The van der Waals surface area contributed by atoms with Gasteiger partial charge in [-0.15, -0.1) is 0 Å². The average molecular weight is 429 g/mol. The van der Waals surface area contributed by atoms with Gasteiger partial charge in [0.05, 0.1) is 24.3 Å². The number of fused-ring (bicyclic) bond motifs is 2. The number of rotatable bonds is 5. The van der Waals surface area contributed by atoms with E-state index in [0.29, 0.717) is 23.1 Å². The summed E-state index contributed by atoms with van der Waals surface area (Å²) in [6.07, 6.45) is 3.45. The summed E-state index contributed by atoms with van der Waals surface area (Å²) in [5.41, 5.74) is 2.92. The highest BCUT2D eigenvalue weighted by Gasteiger charge is 2.37. The van der Waals surface area contributed by atoms with E-state index in [-0.39, 0.29) is 36.6 Å². The first-order chi connectivity index (χ1) is 15.5. The average Bonchev–Trinajstić information content (AvgIpc) is 3.46. The maximum atomic E-state index is 13.0. The number of benzene rings is 2. The normalized spacial score (nSPS) is 17.0. The van der Waals surface area contributed by atoms with Crippen molar-refractivity contribution in [3.8, 4) is 0 Å². The molecule has 1 aliphatic heterocycles. The van der Waals surface area contributed by atoms with Gasteiger partial charge < -0.3 is 9.30 Å². The van der Waals surface area contributed by atoms with Gasteiger partial charge in [-0.2, -0.15) is 0 Å². The lowest BCUT2D eigenvalue weighted by Gasteiger charge is -2.14. The Bertz CT molecular complexity index is 1260. The first kappa shape index (κ1) is 19.9. The van der Waals surface area contributed by atoms with Crippen molar-refractivity contribution in [2.24, 2.45) is 0 Å². The minimum absolute atomic E-state index is 0.0873. The van der Waals surface area contributed by atoms with Crippen molar-refractivity contribution in [3.63, 3.8) is 0 Å². The number of Topliss-reactive ketones (excluding diaryl/α,β-unsaturated/α-hetero) is 1. The molecule has 160 valence electrons. The second kappa shape index (κ2) is 7.56. The molecule has 5 rings (SSSR count). The minimum atomic E-state index is -0.596. The van der Waals surface area contributed by atoms with Crippen LogP contribution in [-0.4, -0.2) is 44.6 Å². The monoisotopic (exact) mass is 429 g/mol. The number of esters is 1. The van der Waals surface area contributed by atoms with Crippen molar-refractivity contribution in [2.75, 3.05) is 6.61 Å². The zero-order chi connectivity index (χ0) is 22.4. The number of imidazole rings is 1. The molecule has 1 aliphatic carbocycles. The van der Waals surface area contributed by atoms with Crippen LogP contribution in [0, 0.1) is 0 Å². The van der Waals surface area contributed by atoms with Gasteiger partial charge in [0.25, 0.3) is 11.8 Å². The van der Waals surface area contributed by atoms with Gasteiger partial charge in [0, 0.05) is 24.4 Å². The Morgan fingerprint density at radius 1 is 1.06 bits per heavy atom. The molecular weight excluding hydrogens is 410 g/mol. The summed E-state index contributed by atoms with van der Waals surface area (Å²) >= 11 is 0. The number of hydrogen-bond donors (Lipinski definition) is 0. The van der Waals surface area contributed by atoms with E-state index in [1.165, 1.54) is 11.1 Å². The van der Waals surface area contributed by atoms with Crippen LogP contribution in [0.15, 0.2) is 54.9 Å². The number of aromatic nitrogens is 2. The summed E-state index contributed by atoms with van der Waals surface area (Å²) in [6.45, 7) is 2.04. The number of amides is 2. The van der Waals surface area contributed by atoms with Gasteiger partial charge >= 0.3 is 5.97 Å². The SMILES string of the molecule is CCOC(=O)c1nccn1C1Cc2cc(CN3C(=O)c4ccccc4C3=O)ccc2C1=O. The zero-order valence-corrected chi connectivity index (χ0v) is 17.3. The highest BCUT2D eigenvalue weighted by molar-refractivity contribution is 6.21. The molecule has 0 spiro atoms. The van der Waals surface area contributed by atoms with E-state index in [1.807, 2.05) is 6.07 Å². The molecule has 2 aromatic carbocycles. The van der Waals surface area contributed by atoms with Crippen LogP contribution in [-0.2, 0) is 17.7 Å². The maximum absolute atomic E-state index is 13.0. The number of hydrogen-bond acceptors (Lipinski definition) is 6. The smallest absolute Gasteiger partial charge is 0.374 e. The van der Waals surface area contributed by atoms with Crippen LogP contribution < -0.4 is 0 Å². The molecular formula is C24H19N3O5. The van der Waals surface area contributed by atoms with Gasteiger partial charge in [0.15, 0.2) is 5.78 Å². The van der Waals surface area contributed by atoms with Crippen molar-refractivity contribution >= 4 is 23.6 Å². The summed E-state index contributed by atoms with van der Waals surface area (Å²) in [6, 6.07) is 11.5. The van der Waals surface area contributed by atoms with E-state index in [1.54, 1.807) is 54.1 Å². The minimum Gasteiger partial charge on any atom is -0.460 e. The predicted octanol–water partition coefficient (Wildman–Crippen LogP) is 2.84. The molecule has 0 radical (unpaired) electrons. The van der Waals surface area contributed by atoms with Crippen LogP contribution in [0.25, 0.3) is 0 Å².